The minimum absolute atomic E-state index is 0.215. The predicted molar refractivity (Wildman–Crippen MR) is 40.8 cm³/mol. The van der Waals surface area contributed by atoms with Crippen molar-refractivity contribution in [2.24, 2.45) is 0 Å². The standard InChI is InChI=1S/C8H11NO2/c1-2-8(10)9-7-3-5-11-6-4-7/h1,7H,3-6H2,(H,9,10). The molecule has 11 heavy (non-hydrogen) atoms. The first kappa shape index (κ1) is 8.09. The van der Waals surface area contributed by atoms with E-state index >= 15 is 0 Å². The Hall–Kier alpha value is -1.01. The molecule has 1 aliphatic rings. The van der Waals surface area contributed by atoms with Crippen molar-refractivity contribution in [1.82, 2.24) is 5.32 Å². The van der Waals surface area contributed by atoms with Crippen molar-refractivity contribution < 1.29 is 9.53 Å². The van der Waals surface area contributed by atoms with E-state index in [-0.39, 0.29) is 11.9 Å². The summed E-state index contributed by atoms with van der Waals surface area (Å²) in [5.41, 5.74) is 0. The highest BCUT2D eigenvalue weighted by atomic mass is 16.5. The number of rotatable bonds is 1. The molecule has 1 heterocycles. The zero-order valence-electron chi connectivity index (χ0n) is 6.30. The van der Waals surface area contributed by atoms with Crippen LogP contribution in [0.15, 0.2) is 0 Å². The molecule has 0 aromatic carbocycles. The highest BCUT2D eigenvalue weighted by molar-refractivity contribution is 5.92. The van der Waals surface area contributed by atoms with Crippen LogP contribution in [0.5, 0.6) is 0 Å². The molecule has 60 valence electrons. The van der Waals surface area contributed by atoms with Crippen molar-refractivity contribution in [2.75, 3.05) is 13.2 Å². The lowest BCUT2D eigenvalue weighted by atomic mass is 10.1. The summed E-state index contributed by atoms with van der Waals surface area (Å²) >= 11 is 0. The van der Waals surface area contributed by atoms with Crippen LogP contribution in [-0.2, 0) is 9.53 Å². The van der Waals surface area contributed by atoms with Crippen molar-refractivity contribution in [3.63, 3.8) is 0 Å². The molecular formula is C8H11NO2. The van der Waals surface area contributed by atoms with Gasteiger partial charge >= 0.3 is 0 Å². The Balaban J connectivity index is 2.25. The summed E-state index contributed by atoms with van der Waals surface area (Å²) in [7, 11) is 0. The van der Waals surface area contributed by atoms with Crippen LogP contribution in [-0.4, -0.2) is 25.2 Å². The molecule has 1 amide bonds. The molecule has 0 atom stereocenters. The molecule has 1 N–H and O–H groups in total. The summed E-state index contributed by atoms with van der Waals surface area (Å²) in [5, 5.41) is 2.71. The maximum Gasteiger partial charge on any atom is 0.295 e. The molecule has 0 saturated carbocycles. The molecule has 0 unspecified atom stereocenters. The Morgan fingerprint density at radius 3 is 2.73 bits per heavy atom. The highest BCUT2D eigenvalue weighted by Gasteiger charge is 2.14. The molecule has 1 fully saturated rings. The average molecular weight is 153 g/mol. The normalized spacial score (nSPS) is 18.8. The number of carbonyl (C=O) groups excluding carboxylic acids is 1. The van der Waals surface area contributed by atoms with Gasteiger partial charge in [-0.15, -0.1) is 6.42 Å². The van der Waals surface area contributed by atoms with E-state index in [0.717, 1.165) is 26.1 Å². The highest BCUT2D eigenvalue weighted by Crippen LogP contribution is 2.05. The molecule has 0 aromatic rings. The third kappa shape index (κ3) is 2.60. The average Bonchev–Trinajstić information content (AvgIpc) is 2.06. The maximum atomic E-state index is 10.7. The second-order valence-corrected chi connectivity index (χ2v) is 2.50. The third-order valence-electron chi connectivity index (χ3n) is 1.69. The van der Waals surface area contributed by atoms with Crippen LogP contribution < -0.4 is 5.32 Å². The van der Waals surface area contributed by atoms with Crippen molar-refractivity contribution in [2.45, 2.75) is 18.9 Å². The van der Waals surface area contributed by atoms with Gasteiger partial charge in [-0.1, -0.05) is 0 Å². The van der Waals surface area contributed by atoms with Crippen LogP contribution >= 0.6 is 0 Å². The smallest absolute Gasteiger partial charge is 0.295 e. The molecule has 3 heteroatoms. The summed E-state index contributed by atoms with van der Waals surface area (Å²) in [6.07, 6.45) is 6.63. The molecule has 1 aliphatic heterocycles. The van der Waals surface area contributed by atoms with Gasteiger partial charge in [-0.05, 0) is 18.8 Å². The predicted octanol–water partition coefficient (Wildman–Crippen LogP) is -0.0852. The number of hydrogen-bond acceptors (Lipinski definition) is 2. The summed E-state index contributed by atoms with van der Waals surface area (Å²) in [4.78, 5) is 10.7. The Morgan fingerprint density at radius 1 is 1.55 bits per heavy atom. The lowest BCUT2D eigenvalue weighted by molar-refractivity contribution is -0.116. The minimum atomic E-state index is -0.322. The Kier molecular flexibility index (Phi) is 2.94. The van der Waals surface area contributed by atoms with Gasteiger partial charge < -0.3 is 10.1 Å². The SMILES string of the molecule is C#CC(=O)NC1CCOCC1. The Bertz CT molecular complexity index is 177. The first-order chi connectivity index (χ1) is 5.33. The monoisotopic (exact) mass is 153 g/mol. The van der Waals surface area contributed by atoms with E-state index in [4.69, 9.17) is 11.2 Å². The number of hydrogen-bond donors (Lipinski definition) is 1. The van der Waals surface area contributed by atoms with E-state index in [2.05, 4.69) is 5.32 Å². The van der Waals surface area contributed by atoms with E-state index in [1.165, 1.54) is 0 Å². The zero-order chi connectivity index (χ0) is 8.10. The molecule has 0 aliphatic carbocycles. The van der Waals surface area contributed by atoms with Crippen molar-refractivity contribution >= 4 is 5.91 Å². The fourth-order valence-electron chi connectivity index (χ4n) is 1.07. The van der Waals surface area contributed by atoms with Crippen LogP contribution in [0.3, 0.4) is 0 Å². The third-order valence-corrected chi connectivity index (χ3v) is 1.69. The van der Waals surface area contributed by atoms with Crippen LogP contribution in [0.4, 0.5) is 0 Å². The summed E-state index contributed by atoms with van der Waals surface area (Å²) in [6, 6.07) is 0.215. The number of amides is 1. The fourth-order valence-corrected chi connectivity index (χ4v) is 1.07. The molecular weight excluding hydrogens is 142 g/mol. The van der Waals surface area contributed by atoms with Gasteiger partial charge in [-0.25, -0.2) is 0 Å². The van der Waals surface area contributed by atoms with Gasteiger partial charge in [0.15, 0.2) is 0 Å². The van der Waals surface area contributed by atoms with E-state index in [0.29, 0.717) is 0 Å². The molecule has 0 aromatic heterocycles. The van der Waals surface area contributed by atoms with Gasteiger partial charge in [0.1, 0.15) is 0 Å². The molecule has 0 bridgehead atoms. The minimum Gasteiger partial charge on any atom is -0.381 e. The van der Waals surface area contributed by atoms with Crippen LogP contribution in [0.1, 0.15) is 12.8 Å². The number of carbonyl (C=O) groups is 1. The van der Waals surface area contributed by atoms with Crippen LogP contribution in [0.2, 0.25) is 0 Å². The second-order valence-electron chi connectivity index (χ2n) is 2.50. The van der Waals surface area contributed by atoms with Crippen molar-refractivity contribution in [3.05, 3.63) is 0 Å². The molecule has 0 spiro atoms. The van der Waals surface area contributed by atoms with Gasteiger partial charge in [-0.2, -0.15) is 0 Å². The number of nitrogens with one attached hydrogen (secondary N) is 1. The zero-order valence-corrected chi connectivity index (χ0v) is 6.30. The number of terminal acetylenes is 1. The van der Waals surface area contributed by atoms with E-state index in [9.17, 15) is 4.79 Å². The maximum absolute atomic E-state index is 10.7. The quantitative estimate of drug-likeness (QED) is 0.535. The fraction of sp³-hybridized carbons (Fsp3) is 0.625. The molecule has 1 saturated heterocycles. The summed E-state index contributed by atoms with van der Waals surface area (Å²) < 4.78 is 5.11. The first-order valence-electron chi connectivity index (χ1n) is 3.68. The Labute approximate surface area is 66.1 Å². The summed E-state index contributed by atoms with van der Waals surface area (Å²) in [5.74, 6) is 1.70. The van der Waals surface area contributed by atoms with E-state index in [1.54, 1.807) is 0 Å². The van der Waals surface area contributed by atoms with E-state index in [1.807, 2.05) is 5.92 Å². The number of ether oxygens (including phenoxy) is 1. The van der Waals surface area contributed by atoms with Gasteiger partial charge in [-0.3, -0.25) is 4.79 Å². The van der Waals surface area contributed by atoms with Gasteiger partial charge in [0.25, 0.3) is 5.91 Å². The van der Waals surface area contributed by atoms with Gasteiger partial charge in [0.05, 0.1) is 0 Å². The Morgan fingerprint density at radius 2 is 2.18 bits per heavy atom. The molecule has 0 radical (unpaired) electrons. The summed E-state index contributed by atoms with van der Waals surface area (Å²) in [6.45, 7) is 1.44. The van der Waals surface area contributed by atoms with E-state index < -0.39 is 0 Å². The first-order valence-corrected chi connectivity index (χ1v) is 3.68. The topological polar surface area (TPSA) is 38.3 Å². The van der Waals surface area contributed by atoms with Gasteiger partial charge in [0.2, 0.25) is 0 Å². The van der Waals surface area contributed by atoms with Crippen molar-refractivity contribution in [3.8, 4) is 12.3 Å². The molecule has 3 nitrogen and oxygen atoms in total. The van der Waals surface area contributed by atoms with Crippen molar-refractivity contribution in [1.29, 1.82) is 0 Å². The van der Waals surface area contributed by atoms with Crippen LogP contribution in [0, 0.1) is 12.3 Å². The lowest BCUT2D eigenvalue weighted by Gasteiger charge is -2.21. The lowest BCUT2D eigenvalue weighted by Crippen LogP contribution is -2.38. The molecule has 1 rings (SSSR count). The second kappa shape index (κ2) is 3.99. The van der Waals surface area contributed by atoms with Gasteiger partial charge in [0, 0.05) is 19.3 Å². The van der Waals surface area contributed by atoms with Crippen LogP contribution in [0.25, 0.3) is 0 Å². The largest absolute Gasteiger partial charge is 0.381 e.